The Kier molecular flexibility index (Phi) is 4.71. The van der Waals surface area contributed by atoms with Gasteiger partial charge in [0.05, 0.1) is 0 Å². The van der Waals surface area contributed by atoms with Crippen molar-refractivity contribution in [2.24, 2.45) is 5.92 Å². The van der Waals surface area contributed by atoms with Gasteiger partial charge in [0.2, 0.25) is 0 Å². The average molecular weight is 246 g/mol. The molecule has 1 aromatic rings. The van der Waals surface area contributed by atoms with Crippen LogP contribution in [0.25, 0.3) is 6.08 Å². The maximum absolute atomic E-state index is 13.8. The SMILES string of the molecule is Cc1ccc(/C=C/C=C(\F)C2CCOCC2)cc1. The molecule has 1 heterocycles. The van der Waals surface area contributed by atoms with Crippen LogP contribution in [0, 0.1) is 12.8 Å². The summed E-state index contributed by atoms with van der Waals surface area (Å²) in [6.07, 6.45) is 6.88. The first-order valence-electron chi connectivity index (χ1n) is 6.44. The van der Waals surface area contributed by atoms with Crippen LogP contribution in [0.4, 0.5) is 4.39 Å². The molecule has 1 aliphatic rings. The van der Waals surface area contributed by atoms with Gasteiger partial charge in [0.25, 0.3) is 0 Å². The lowest BCUT2D eigenvalue weighted by molar-refractivity contribution is 0.0701. The number of rotatable bonds is 3. The summed E-state index contributed by atoms with van der Waals surface area (Å²) in [7, 11) is 0. The van der Waals surface area contributed by atoms with Crippen molar-refractivity contribution in [3.05, 3.63) is 53.4 Å². The fourth-order valence-electron chi connectivity index (χ4n) is 2.04. The molecule has 1 fully saturated rings. The Morgan fingerprint density at radius 2 is 1.89 bits per heavy atom. The largest absolute Gasteiger partial charge is 0.381 e. The lowest BCUT2D eigenvalue weighted by atomic mass is 9.98. The van der Waals surface area contributed by atoms with Gasteiger partial charge in [-0.25, -0.2) is 4.39 Å². The molecule has 1 nitrogen and oxygen atoms in total. The van der Waals surface area contributed by atoms with Gasteiger partial charge in [-0.2, -0.15) is 0 Å². The Hall–Kier alpha value is -1.41. The third kappa shape index (κ3) is 3.81. The van der Waals surface area contributed by atoms with Crippen LogP contribution in [0.3, 0.4) is 0 Å². The predicted octanol–water partition coefficient (Wildman–Crippen LogP) is 4.29. The van der Waals surface area contributed by atoms with Crippen molar-refractivity contribution in [1.29, 1.82) is 0 Å². The van der Waals surface area contributed by atoms with E-state index in [0.717, 1.165) is 18.4 Å². The molecule has 0 amide bonds. The summed E-state index contributed by atoms with van der Waals surface area (Å²) in [5, 5.41) is 0. The van der Waals surface area contributed by atoms with Crippen LogP contribution in [-0.4, -0.2) is 13.2 Å². The fourth-order valence-corrected chi connectivity index (χ4v) is 2.04. The molecule has 18 heavy (non-hydrogen) atoms. The lowest BCUT2D eigenvalue weighted by Gasteiger charge is -2.20. The van der Waals surface area contributed by atoms with Crippen LogP contribution in [0.15, 0.2) is 42.2 Å². The molecule has 0 radical (unpaired) electrons. The molecule has 1 aromatic carbocycles. The van der Waals surface area contributed by atoms with E-state index < -0.39 is 0 Å². The molecular weight excluding hydrogens is 227 g/mol. The Labute approximate surface area is 108 Å². The summed E-state index contributed by atoms with van der Waals surface area (Å²) in [4.78, 5) is 0. The molecule has 0 aromatic heterocycles. The zero-order valence-corrected chi connectivity index (χ0v) is 10.7. The molecule has 0 aliphatic carbocycles. The highest BCUT2D eigenvalue weighted by Gasteiger charge is 2.17. The minimum absolute atomic E-state index is 0.0262. The molecule has 0 saturated carbocycles. The zero-order valence-electron chi connectivity index (χ0n) is 10.7. The summed E-state index contributed by atoms with van der Waals surface area (Å²) >= 11 is 0. The molecule has 0 bridgehead atoms. The van der Waals surface area contributed by atoms with Crippen molar-refractivity contribution in [1.82, 2.24) is 0 Å². The third-order valence-corrected chi connectivity index (χ3v) is 3.23. The van der Waals surface area contributed by atoms with E-state index in [4.69, 9.17) is 4.74 Å². The van der Waals surface area contributed by atoms with Gasteiger partial charge in [-0.15, -0.1) is 0 Å². The summed E-state index contributed by atoms with van der Waals surface area (Å²) < 4.78 is 19.0. The molecule has 1 saturated heterocycles. The minimum atomic E-state index is -0.0262. The van der Waals surface area contributed by atoms with Crippen LogP contribution < -0.4 is 0 Å². The topological polar surface area (TPSA) is 9.23 Å². The summed E-state index contributed by atoms with van der Waals surface area (Å²) in [6.45, 7) is 3.40. The van der Waals surface area contributed by atoms with Gasteiger partial charge in [-0.3, -0.25) is 0 Å². The van der Waals surface area contributed by atoms with Gasteiger partial charge in [0, 0.05) is 19.1 Å². The van der Waals surface area contributed by atoms with E-state index in [9.17, 15) is 4.39 Å². The maximum atomic E-state index is 13.8. The van der Waals surface area contributed by atoms with Gasteiger partial charge in [-0.1, -0.05) is 42.0 Å². The highest BCUT2D eigenvalue weighted by atomic mass is 19.1. The van der Waals surface area contributed by atoms with Gasteiger partial charge >= 0.3 is 0 Å². The van der Waals surface area contributed by atoms with Gasteiger partial charge in [0.15, 0.2) is 0 Å². The van der Waals surface area contributed by atoms with Crippen LogP contribution >= 0.6 is 0 Å². The molecule has 0 N–H and O–H groups in total. The summed E-state index contributed by atoms with van der Waals surface area (Å²) in [5.74, 6) is 0.0167. The summed E-state index contributed by atoms with van der Waals surface area (Å²) in [6, 6.07) is 8.18. The average Bonchev–Trinajstić information content (AvgIpc) is 2.42. The molecule has 0 atom stereocenters. The quantitative estimate of drug-likeness (QED) is 0.723. The Bertz CT molecular complexity index is 425. The number of aryl methyl sites for hydroxylation is 1. The second-order valence-corrected chi connectivity index (χ2v) is 4.71. The number of allylic oxidation sites excluding steroid dienone is 3. The lowest BCUT2D eigenvalue weighted by Crippen LogP contribution is -2.15. The smallest absolute Gasteiger partial charge is 0.103 e. The summed E-state index contributed by atoms with van der Waals surface area (Å²) in [5.41, 5.74) is 2.33. The van der Waals surface area contributed by atoms with Gasteiger partial charge in [-0.05, 0) is 31.4 Å². The van der Waals surface area contributed by atoms with E-state index >= 15 is 0 Å². The molecule has 2 rings (SSSR count). The number of ether oxygens (including phenoxy) is 1. The van der Waals surface area contributed by atoms with Gasteiger partial charge < -0.3 is 4.74 Å². The van der Waals surface area contributed by atoms with Gasteiger partial charge in [0.1, 0.15) is 5.83 Å². The number of benzene rings is 1. The van der Waals surface area contributed by atoms with Crippen LogP contribution in [-0.2, 0) is 4.74 Å². The van der Waals surface area contributed by atoms with E-state index in [0.29, 0.717) is 13.2 Å². The van der Waals surface area contributed by atoms with Crippen LogP contribution in [0.1, 0.15) is 24.0 Å². The van der Waals surface area contributed by atoms with E-state index in [1.807, 2.05) is 18.2 Å². The van der Waals surface area contributed by atoms with Crippen LogP contribution in [0.2, 0.25) is 0 Å². The van der Waals surface area contributed by atoms with E-state index in [-0.39, 0.29) is 11.7 Å². The first kappa shape index (κ1) is 13.0. The van der Waals surface area contributed by atoms with Crippen molar-refractivity contribution in [3.8, 4) is 0 Å². The fraction of sp³-hybridized carbons (Fsp3) is 0.375. The zero-order chi connectivity index (χ0) is 12.8. The minimum Gasteiger partial charge on any atom is -0.381 e. The molecule has 0 spiro atoms. The monoisotopic (exact) mass is 246 g/mol. The number of hydrogen-bond donors (Lipinski definition) is 0. The Morgan fingerprint density at radius 1 is 1.22 bits per heavy atom. The molecule has 1 aliphatic heterocycles. The van der Waals surface area contributed by atoms with Crippen molar-refractivity contribution in [2.45, 2.75) is 19.8 Å². The second kappa shape index (κ2) is 6.50. The van der Waals surface area contributed by atoms with Crippen molar-refractivity contribution < 1.29 is 9.13 Å². The third-order valence-electron chi connectivity index (χ3n) is 3.23. The van der Waals surface area contributed by atoms with E-state index in [2.05, 4.69) is 19.1 Å². The highest BCUT2D eigenvalue weighted by Crippen LogP contribution is 2.24. The predicted molar refractivity (Wildman–Crippen MR) is 72.9 cm³/mol. The first-order valence-corrected chi connectivity index (χ1v) is 6.44. The Morgan fingerprint density at radius 3 is 2.56 bits per heavy atom. The van der Waals surface area contributed by atoms with E-state index in [1.165, 1.54) is 5.56 Å². The van der Waals surface area contributed by atoms with E-state index in [1.54, 1.807) is 12.2 Å². The normalized spacial score (nSPS) is 18.4. The molecular formula is C16H19FO. The number of hydrogen-bond acceptors (Lipinski definition) is 1. The second-order valence-electron chi connectivity index (χ2n) is 4.71. The van der Waals surface area contributed by atoms with Crippen LogP contribution in [0.5, 0.6) is 0 Å². The molecule has 96 valence electrons. The molecule has 0 unspecified atom stereocenters. The van der Waals surface area contributed by atoms with Crippen molar-refractivity contribution in [3.63, 3.8) is 0 Å². The number of halogens is 1. The van der Waals surface area contributed by atoms with Crippen molar-refractivity contribution >= 4 is 6.08 Å². The molecule has 2 heteroatoms. The van der Waals surface area contributed by atoms with Crippen molar-refractivity contribution in [2.75, 3.05) is 13.2 Å². The maximum Gasteiger partial charge on any atom is 0.103 e. The standard InChI is InChI=1S/C16H19FO/c1-13-5-7-14(8-6-13)3-2-4-16(17)15-9-11-18-12-10-15/h2-8,15H,9-12H2,1H3/b3-2+,16-4-. The Balaban J connectivity index is 1.94. The first-order chi connectivity index (χ1) is 8.75. The highest BCUT2D eigenvalue weighted by molar-refractivity contribution is 5.51.